The van der Waals surface area contributed by atoms with Crippen LogP contribution in [0.5, 0.6) is 0 Å². The lowest BCUT2D eigenvalue weighted by atomic mass is 10.2. The Morgan fingerprint density at radius 2 is 2.00 bits per heavy atom. The number of sulfonamides is 1. The number of benzene rings is 1. The van der Waals surface area contributed by atoms with E-state index in [-0.39, 0.29) is 16.3 Å². The third kappa shape index (κ3) is 2.56. The molecule has 1 atom stereocenters. The molecule has 1 heterocycles. The quantitative estimate of drug-likeness (QED) is 0.835. The first-order chi connectivity index (χ1) is 9.37. The Hall–Kier alpha value is -1.44. The number of piperazine rings is 1. The highest BCUT2D eigenvalue weighted by molar-refractivity contribution is 7.89. The van der Waals surface area contributed by atoms with Crippen LogP contribution in [0.2, 0.25) is 5.02 Å². The van der Waals surface area contributed by atoms with Gasteiger partial charge in [0.1, 0.15) is 10.9 Å². The maximum absolute atomic E-state index is 12.6. The number of nitrogens with one attached hydrogen (secondary N) is 1. The van der Waals surface area contributed by atoms with Gasteiger partial charge in [0.25, 0.3) is 0 Å². The van der Waals surface area contributed by atoms with Gasteiger partial charge in [-0.3, -0.25) is 14.9 Å². The maximum atomic E-state index is 12.6. The minimum absolute atomic E-state index is 0.0563. The maximum Gasteiger partial charge on any atom is 0.245 e. The Bertz CT molecular complexity index is 659. The summed E-state index contributed by atoms with van der Waals surface area (Å²) >= 11 is 5.90. The number of hydrogen-bond acceptors (Lipinski definition) is 4. The monoisotopic (exact) mass is 316 g/mol. The van der Waals surface area contributed by atoms with E-state index in [0.717, 1.165) is 4.31 Å². The fourth-order valence-electron chi connectivity index (χ4n) is 2.06. The molecule has 1 aromatic rings. The number of hydrogen-bond donors (Lipinski definition) is 1. The summed E-state index contributed by atoms with van der Waals surface area (Å²) in [4.78, 5) is 23.1. The molecule has 0 aliphatic carbocycles. The summed E-state index contributed by atoms with van der Waals surface area (Å²) < 4.78 is 26.1. The highest BCUT2D eigenvalue weighted by atomic mass is 35.5. The normalized spacial score (nSPS) is 20.8. The Kier molecular flexibility index (Phi) is 4.12. The van der Waals surface area contributed by atoms with Crippen molar-refractivity contribution in [2.45, 2.75) is 24.3 Å². The second-order valence-corrected chi connectivity index (χ2v) is 6.58. The topological polar surface area (TPSA) is 83.6 Å². The minimum Gasteiger partial charge on any atom is -0.294 e. The third-order valence-corrected chi connectivity index (χ3v) is 5.38. The minimum atomic E-state index is -4.00. The SMILES string of the molecule is CCC1C(=O)NC(=O)CN1S(=O)(=O)c1ccccc1Cl. The highest BCUT2D eigenvalue weighted by Gasteiger charge is 2.41. The van der Waals surface area contributed by atoms with Gasteiger partial charge < -0.3 is 0 Å². The van der Waals surface area contributed by atoms with Crippen LogP contribution < -0.4 is 5.32 Å². The van der Waals surface area contributed by atoms with E-state index in [4.69, 9.17) is 11.6 Å². The van der Waals surface area contributed by atoms with Crippen molar-refractivity contribution in [1.29, 1.82) is 0 Å². The van der Waals surface area contributed by atoms with Gasteiger partial charge in [0.2, 0.25) is 21.8 Å². The molecule has 1 saturated heterocycles. The number of carbonyl (C=O) groups excluding carboxylic acids is 2. The van der Waals surface area contributed by atoms with E-state index >= 15 is 0 Å². The Morgan fingerprint density at radius 1 is 1.35 bits per heavy atom. The molecule has 8 heteroatoms. The van der Waals surface area contributed by atoms with Gasteiger partial charge in [-0.25, -0.2) is 8.42 Å². The summed E-state index contributed by atoms with van der Waals surface area (Å²) in [6.07, 6.45) is 0.267. The molecule has 2 rings (SSSR count). The van der Waals surface area contributed by atoms with Crippen LogP contribution in [-0.2, 0) is 19.6 Å². The zero-order valence-electron chi connectivity index (χ0n) is 10.7. The number of nitrogens with zero attached hydrogens (tertiary/aromatic N) is 1. The summed E-state index contributed by atoms with van der Waals surface area (Å²) in [5.41, 5.74) is 0. The number of halogens is 1. The molecule has 0 saturated carbocycles. The van der Waals surface area contributed by atoms with E-state index in [1.807, 2.05) is 0 Å². The van der Waals surface area contributed by atoms with Crippen LogP contribution in [0.25, 0.3) is 0 Å². The van der Waals surface area contributed by atoms with Crippen LogP contribution in [-0.4, -0.2) is 37.1 Å². The van der Waals surface area contributed by atoms with Crippen LogP contribution in [0, 0.1) is 0 Å². The molecule has 1 fully saturated rings. The van der Waals surface area contributed by atoms with Crippen molar-refractivity contribution in [1.82, 2.24) is 9.62 Å². The van der Waals surface area contributed by atoms with Crippen molar-refractivity contribution in [3.8, 4) is 0 Å². The van der Waals surface area contributed by atoms with Gasteiger partial charge in [-0.05, 0) is 18.6 Å². The van der Waals surface area contributed by atoms with E-state index in [2.05, 4.69) is 5.32 Å². The van der Waals surface area contributed by atoms with Crippen LogP contribution >= 0.6 is 11.6 Å². The number of imide groups is 1. The molecule has 108 valence electrons. The molecular formula is C12H13ClN2O4S. The first-order valence-electron chi connectivity index (χ1n) is 5.98. The molecule has 0 bridgehead atoms. The average molecular weight is 317 g/mol. The number of carbonyl (C=O) groups is 2. The van der Waals surface area contributed by atoms with Gasteiger partial charge in [-0.15, -0.1) is 0 Å². The van der Waals surface area contributed by atoms with Gasteiger partial charge >= 0.3 is 0 Å². The second-order valence-electron chi connectivity index (χ2n) is 4.32. The number of rotatable bonds is 3. The second kappa shape index (κ2) is 5.51. The van der Waals surface area contributed by atoms with Crippen LogP contribution in [0.1, 0.15) is 13.3 Å². The molecule has 1 aliphatic rings. The Balaban J connectivity index is 2.49. The third-order valence-electron chi connectivity index (χ3n) is 3.02. The molecule has 1 N–H and O–H groups in total. The molecule has 0 radical (unpaired) electrons. The zero-order valence-corrected chi connectivity index (χ0v) is 12.2. The van der Waals surface area contributed by atoms with Crippen molar-refractivity contribution >= 4 is 33.4 Å². The molecule has 0 spiro atoms. The van der Waals surface area contributed by atoms with Crippen molar-refractivity contribution in [2.24, 2.45) is 0 Å². The lowest BCUT2D eigenvalue weighted by Gasteiger charge is -2.32. The molecule has 2 amide bonds. The predicted octanol–water partition coefficient (Wildman–Crippen LogP) is 0.766. The van der Waals surface area contributed by atoms with Crippen LogP contribution in [0.3, 0.4) is 0 Å². The first-order valence-corrected chi connectivity index (χ1v) is 7.79. The van der Waals surface area contributed by atoms with E-state index in [1.165, 1.54) is 18.2 Å². The van der Waals surface area contributed by atoms with E-state index in [0.29, 0.717) is 0 Å². The van der Waals surface area contributed by atoms with Crippen molar-refractivity contribution in [2.75, 3.05) is 6.54 Å². The van der Waals surface area contributed by atoms with E-state index < -0.39 is 34.4 Å². The molecular weight excluding hydrogens is 304 g/mol. The lowest BCUT2D eigenvalue weighted by Crippen LogP contribution is -2.59. The standard InChI is InChI=1S/C12H13ClN2O4S/c1-2-9-12(17)14-11(16)7-15(9)20(18,19)10-6-4-3-5-8(10)13/h3-6,9H,2,7H2,1H3,(H,14,16,17). The summed E-state index contributed by atoms with van der Waals surface area (Å²) in [6, 6.07) is 5.02. The lowest BCUT2D eigenvalue weighted by molar-refractivity contribution is -0.137. The van der Waals surface area contributed by atoms with Gasteiger partial charge in [0, 0.05) is 0 Å². The summed E-state index contributed by atoms with van der Waals surface area (Å²) in [7, 11) is -4.00. The summed E-state index contributed by atoms with van der Waals surface area (Å²) in [6.45, 7) is 1.28. The molecule has 0 aromatic heterocycles. The molecule has 6 nitrogen and oxygen atoms in total. The van der Waals surface area contributed by atoms with Crippen molar-refractivity contribution in [3.05, 3.63) is 29.3 Å². The zero-order chi connectivity index (χ0) is 14.9. The van der Waals surface area contributed by atoms with E-state index in [9.17, 15) is 18.0 Å². The van der Waals surface area contributed by atoms with Gasteiger partial charge in [0.15, 0.2) is 0 Å². The van der Waals surface area contributed by atoms with Crippen LogP contribution in [0.15, 0.2) is 29.2 Å². The molecule has 1 aromatic carbocycles. The van der Waals surface area contributed by atoms with Crippen molar-refractivity contribution < 1.29 is 18.0 Å². The van der Waals surface area contributed by atoms with E-state index in [1.54, 1.807) is 13.0 Å². The smallest absolute Gasteiger partial charge is 0.245 e. The Labute approximate surface area is 121 Å². The molecule has 1 aliphatic heterocycles. The number of amides is 2. The van der Waals surface area contributed by atoms with Gasteiger partial charge in [-0.1, -0.05) is 30.7 Å². The van der Waals surface area contributed by atoms with Crippen LogP contribution in [0.4, 0.5) is 0 Å². The fourth-order valence-corrected chi connectivity index (χ4v) is 4.18. The molecule has 1 unspecified atom stereocenters. The Morgan fingerprint density at radius 3 is 2.60 bits per heavy atom. The summed E-state index contributed by atoms with van der Waals surface area (Å²) in [5.74, 6) is -1.25. The fraction of sp³-hybridized carbons (Fsp3) is 0.333. The van der Waals surface area contributed by atoms with Gasteiger partial charge in [-0.2, -0.15) is 4.31 Å². The summed E-state index contributed by atoms with van der Waals surface area (Å²) in [5, 5.41) is 2.19. The van der Waals surface area contributed by atoms with Gasteiger partial charge in [0.05, 0.1) is 11.6 Å². The first kappa shape index (κ1) is 15.0. The predicted molar refractivity (Wildman–Crippen MR) is 72.6 cm³/mol. The van der Waals surface area contributed by atoms with Crippen molar-refractivity contribution in [3.63, 3.8) is 0 Å². The molecule has 20 heavy (non-hydrogen) atoms. The highest BCUT2D eigenvalue weighted by Crippen LogP contribution is 2.27. The largest absolute Gasteiger partial charge is 0.294 e. The average Bonchev–Trinajstić information content (AvgIpc) is 2.38.